The van der Waals surface area contributed by atoms with E-state index >= 15 is 0 Å². The van der Waals surface area contributed by atoms with E-state index in [4.69, 9.17) is 17.0 Å². The Morgan fingerprint density at radius 1 is 1.06 bits per heavy atom. The van der Waals surface area contributed by atoms with Gasteiger partial charge >= 0.3 is 0 Å². The zero-order chi connectivity index (χ0) is 22.1. The second kappa shape index (κ2) is 8.77. The van der Waals surface area contributed by atoms with E-state index in [0.29, 0.717) is 37.0 Å². The molecule has 162 valence electrons. The number of carbonyl (C=O) groups is 1. The Morgan fingerprint density at radius 2 is 1.68 bits per heavy atom. The number of benzene rings is 2. The molecule has 1 atom stereocenters. The Labute approximate surface area is 187 Å². The minimum Gasteiger partial charge on any atom is -0.378 e. The van der Waals surface area contributed by atoms with Crippen molar-refractivity contribution < 1.29 is 13.9 Å². The van der Waals surface area contributed by atoms with Gasteiger partial charge < -0.3 is 15.0 Å². The van der Waals surface area contributed by atoms with Crippen molar-refractivity contribution in [1.29, 1.82) is 0 Å². The fraction of sp³-hybridized carbons (Fsp3) is 0.333. The summed E-state index contributed by atoms with van der Waals surface area (Å²) < 4.78 is 19.0. The number of ether oxygens (including phenoxy) is 1. The first-order valence-corrected chi connectivity index (χ1v) is 10.8. The van der Waals surface area contributed by atoms with Crippen LogP contribution < -0.4 is 10.2 Å². The summed E-state index contributed by atoms with van der Waals surface area (Å²) >= 11 is 5.73. The van der Waals surface area contributed by atoms with Gasteiger partial charge in [0.15, 0.2) is 5.11 Å². The summed E-state index contributed by atoms with van der Waals surface area (Å²) in [5, 5.41) is 3.85. The smallest absolute Gasteiger partial charge is 0.254 e. The highest BCUT2D eigenvalue weighted by molar-refractivity contribution is 7.80. The van der Waals surface area contributed by atoms with Crippen LogP contribution in [-0.2, 0) is 9.53 Å². The van der Waals surface area contributed by atoms with Gasteiger partial charge in [0, 0.05) is 24.5 Å². The zero-order valence-corrected chi connectivity index (χ0v) is 18.8. The van der Waals surface area contributed by atoms with Gasteiger partial charge in [0.05, 0.1) is 24.8 Å². The first-order chi connectivity index (χ1) is 14.8. The first-order valence-electron chi connectivity index (χ1n) is 10.4. The number of allylic oxidation sites excluding steroid dienone is 1. The van der Waals surface area contributed by atoms with Crippen LogP contribution in [0.4, 0.5) is 10.1 Å². The lowest BCUT2D eigenvalue weighted by molar-refractivity contribution is -0.131. The molecule has 0 aromatic heterocycles. The lowest BCUT2D eigenvalue weighted by Gasteiger charge is -2.40. The van der Waals surface area contributed by atoms with Crippen LogP contribution in [0.25, 0.3) is 0 Å². The average molecular weight is 440 g/mol. The summed E-state index contributed by atoms with van der Waals surface area (Å²) in [6, 6.07) is 12.0. The summed E-state index contributed by atoms with van der Waals surface area (Å²) in [6.07, 6.45) is 0. The van der Waals surface area contributed by atoms with E-state index in [2.05, 4.69) is 23.5 Å². The molecule has 2 aliphatic rings. The van der Waals surface area contributed by atoms with Crippen molar-refractivity contribution in [3.05, 3.63) is 76.2 Å². The molecule has 0 radical (unpaired) electrons. The molecule has 2 heterocycles. The molecule has 2 aliphatic heterocycles. The van der Waals surface area contributed by atoms with Gasteiger partial charge in [0.2, 0.25) is 0 Å². The molecule has 1 saturated heterocycles. The molecule has 1 fully saturated rings. The molecule has 0 saturated carbocycles. The number of hydrogen-bond acceptors (Lipinski definition) is 3. The molecule has 7 heteroatoms. The van der Waals surface area contributed by atoms with Gasteiger partial charge in [0.1, 0.15) is 5.82 Å². The number of amides is 1. The Morgan fingerprint density at radius 3 is 2.29 bits per heavy atom. The topological polar surface area (TPSA) is 44.8 Å². The highest BCUT2D eigenvalue weighted by atomic mass is 32.1. The van der Waals surface area contributed by atoms with E-state index in [1.807, 2.05) is 30.6 Å². The van der Waals surface area contributed by atoms with Crippen LogP contribution in [0.15, 0.2) is 53.7 Å². The number of halogens is 1. The van der Waals surface area contributed by atoms with Crippen LogP contribution in [0, 0.1) is 19.7 Å². The molecule has 5 nitrogen and oxygen atoms in total. The minimum absolute atomic E-state index is 0.0560. The SMILES string of the molecule is CC1=C(C(=O)N2CCOCC2)C(c2ccc(F)cc2)NC(=S)N1c1cc(C)cc(C)c1. The molecular weight excluding hydrogens is 413 g/mol. The first kappa shape index (κ1) is 21.5. The number of aryl methyl sites for hydroxylation is 2. The number of rotatable bonds is 3. The Balaban J connectivity index is 1.83. The highest BCUT2D eigenvalue weighted by Crippen LogP contribution is 2.35. The van der Waals surface area contributed by atoms with Crippen molar-refractivity contribution in [2.75, 3.05) is 31.2 Å². The molecule has 0 bridgehead atoms. The molecule has 31 heavy (non-hydrogen) atoms. The quantitative estimate of drug-likeness (QED) is 0.732. The second-order valence-electron chi connectivity index (χ2n) is 8.02. The highest BCUT2D eigenvalue weighted by Gasteiger charge is 2.37. The standard InChI is InChI=1S/C24H26FN3O2S/c1-15-12-16(2)14-20(13-15)28-17(3)21(23(29)27-8-10-30-11-9-27)22(26-24(28)31)18-4-6-19(25)7-5-18/h4-7,12-14,22H,8-11H2,1-3H3,(H,26,31). The van der Waals surface area contributed by atoms with E-state index in [-0.39, 0.29) is 11.7 Å². The fourth-order valence-electron chi connectivity index (χ4n) is 4.25. The lowest BCUT2D eigenvalue weighted by atomic mass is 9.93. The molecule has 0 aliphatic carbocycles. The molecule has 2 aromatic rings. The molecule has 0 spiro atoms. The maximum Gasteiger partial charge on any atom is 0.254 e. The van der Waals surface area contributed by atoms with Gasteiger partial charge in [-0.15, -0.1) is 0 Å². The van der Waals surface area contributed by atoms with Crippen LogP contribution in [0.5, 0.6) is 0 Å². The van der Waals surface area contributed by atoms with E-state index in [1.54, 1.807) is 12.1 Å². The van der Waals surface area contributed by atoms with Crippen LogP contribution >= 0.6 is 12.2 Å². The second-order valence-corrected chi connectivity index (χ2v) is 8.41. The largest absolute Gasteiger partial charge is 0.378 e. The third kappa shape index (κ3) is 4.34. The number of morpholine rings is 1. The zero-order valence-electron chi connectivity index (χ0n) is 17.9. The predicted octanol–water partition coefficient (Wildman–Crippen LogP) is 4.01. The van der Waals surface area contributed by atoms with Crippen molar-refractivity contribution in [3.8, 4) is 0 Å². The monoisotopic (exact) mass is 439 g/mol. The van der Waals surface area contributed by atoms with Gasteiger partial charge in [-0.05, 0) is 73.9 Å². The number of nitrogens with one attached hydrogen (secondary N) is 1. The number of thiocarbonyl (C=S) groups is 1. The van der Waals surface area contributed by atoms with Gasteiger partial charge in [-0.25, -0.2) is 4.39 Å². The molecular formula is C24H26FN3O2S. The summed E-state index contributed by atoms with van der Waals surface area (Å²) in [4.78, 5) is 17.4. The van der Waals surface area contributed by atoms with Gasteiger partial charge in [-0.1, -0.05) is 18.2 Å². The Hall–Kier alpha value is -2.77. The van der Waals surface area contributed by atoms with E-state index in [9.17, 15) is 9.18 Å². The van der Waals surface area contributed by atoms with E-state index in [0.717, 1.165) is 28.1 Å². The summed E-state index contributed by atoms with van der Waals surface area (Å²) in [7, 11) is 0. The maximum absolute atomic E-state index is 13.7. The third-order valence-corrected chi connectivity index (χ3v) is 5.98. The van der Waals surface area contributed by atoms with Crippen molar-refractivity contribution in [1.82, 2.24) is 10.2 Å². The number of nitrogens with zero attached hydrogens (tertiary/aromatic N) is 2. The van der Waals surface area contributed by atoms with E-state index in [1.165, 1.54) is 12.1 Å². The molecule has 1 N–H and O–H groups in total. The number of carbonyl (C=O) groups excluding carboxylic acids is 1. The van der Waals surface area contributed by atoms with Crippen molar-refractivity contribution in [3.63, 3.8) is 0 Å². The van der Waals surface area contributed by atoms with Crippen LogP contribution in [0.2, 0.25) is 0 Å². The molecule has 1 amide bonds. The molecule has 1 unspecified atom stereocenters. The van der Waals surface area contributed by atoms with Gasteiger partial charge in [0.25, 0.3) is 5.91 Å². The van der Waals surface area contributed by atoms with Crippen molar-refractivity contribution >= 4 is 28.9 Å². The van der Waals surface area contributed by atoms with Gasteiger partial charge in [-0.3, -0.25) is 9.69 Å². The van der Waals surface area contributed by atoms with Crippen LogP contribution in [-0.4, -0.2) is 42.2 Å². The summed E-state index contributed by atoms with van der Waals surface area (Å²) in [5.41, 5.74) is 5.33. The molecule has 4 rings (SSSR count). The number of anilines is 1. The lowest BCUT2D eigenvalue weighted by Crippen LogP contribution is -2.51. The fourth-order valence-corrected chi connectivity index (χ4v) is 4.61. The maximum atomic E-state index is 13.7. The minimum atomic E-state index is -0.453. The van der Waals surface area contributed by atoms with Crippen LogP contribution in [0.3, 0.4) is 0 Å². The summed E-state index contributed by atoms with van der Waals surface area (Å²) in [6.45, 7) is 8.13. The normalized spacial score (nSPS) is 19.5. The summed E-state index contributed by atoms with van der Waals surface area (Å²) in [5.74, 6) is -0.375. The van der Waals surface area contributed by atoms with Crippen LogP contribution in [0.1, 0.15) is 29.7 Å². The Bertz CT molecular complexity index is 1030. The number of hydrogen-bond donors (Lipinski definition) is 1. The van der Waals surface area contributed by atoms with E-state index < -0.39 is 6.04 Å². The van der Waals surface area contributed by atoms with Crippen molar-refractivity contribution in [2.45, 2.75) is 26.8 Å². The predicted molar refractivity (Wildman–Crippen MR) is 123 cm³/mol. The average Bonchev–Trinajstić information content (AvgIpc) is 2.73. The van der Waals surface area contributed by atoms with Gasteiger partial charge in [-0.2, -0.15) is 0 Å². The van der Waals surface area contributed by atoms with Crippen molar-refractivity contribution in [2.24, 2.45) is 0 Å². The molecule has 2 aromatic carbocycles. The third-order valence-electron chi connectivity index (χ3n) is 5.68. The Kier molecular flexibility index (Phi) is 6.07.